The number of carbonyl (C=O) groups is 1. The first-order valence-corrected chi connectivity index (χ1v) is 2.96. The summed E-state index contributed by atoms with van der Waals surface area (Å²) in [5.74, 6) is 0.0927. The fraction of sp³-hybridized carbons (Fsp3) is 0.667. The average Bonchev–Trinajstić information content (AvgIpc) is 2.14. The Morgan fingerprint density at radius 3 is 2.56 bits per heavy atom. The van der Waals surface area contributed by atoms with Crippen LogP contribution in [0.4, 0.5) is 0 Å². The second-order valence-electron chi connectivity index (χ2n) is 2.38. The van der Waals surface area contributed by atoms with Crippen LogP contribution >= 0.6 is 0 Å². The third-order valence-electron chi connectivity index (χ3n) is 1.26. The summed E-state index contributed by atoms with van der Waals surface area (Å²) < 4.78 is 0. The summed E-state index contributed by atoms with van der Waals surface area (Å²) >= 11 is 0. The van der Waals surface area contributed by atoms with E-state index in [0.717, 1.165) is 5.71 Å². The van der Waals surface area contributed by atoms with Gasteiger partial charge in [0, 0.05) is 0 Å². The molecule has 1 aliphatic heterocycles. The van der Waals surface area contributed by atoms with E-state index < -0.39 is 0 Å². The third-order valence-corrected chi connectivity index (χ3v) is 1.26. The van der Waals surface area contributed by atoms with Crippen LogP contribution in [0, 0.1) is 5.92 Å². The molecule has 0 fully saturated rings. The first kappa shape index (κ1) is 6.26. The average molecular weight is 127 g/mol. The molecule has 0 atom stereocenters. The predicted octanol–water partition coefficient (Wildman–Crippen LogP) is 0.945. The summed E-state index contributed by atoms with van der Waals surface area (Å²) in [5, 5.41) is 3.58. The van der Waals surface area contributed by atoms with Crippen molar-refractivity contribution in [2.45, 2.75) is 20.3 Å². The lowest BCUT2D eigenvalue weighted by atomic mass is 10.1. The van der Waals surface area contributed by atoms with Crippen LogP contribution in [-0.4, -0.2) is 11.7 Å². The minimum absolute atomic E-state index is 0.237. The minimum atomic E-state index is -0.237. The Labute approximate surface area is 53.7 Å². The molecule has 9 heavy (non-hydrogen) atoms. The van der Waals surface area contributed by atoms with Crippen LogP contribution in [0.5, 0.6) is 0 Å². The molecule has 3 heteroatoms. The Morgan fingerprint density at radius 1 is 1.67 bits per heavy atom. The standard InChI is InChI=1S/C6H9NO2/c1-4(2)5-3-6(8)9-7-5/h4H,3H2,1-2H3. The van der Waals surface area contributed by atoms with Crippen LogP contribution in [0.25, 0.3) is 0 Å². The van der Waals surface area contributed by atoms with Crippen molar-refractivity contribution in [1.29, 1.82) is 0 Å². The first-order chi connectivity index (χ1) is 4.20. The molecule has 0 unspecified atom stereocenters. The minimum Gasteiger partial charge on any atom is -0.318 e. The maximum absolute atomic E-state index is 10.4. The van der Waals surface area contributed by atoms with Crippen molar-refractivity contribution < 1.29 is 9.63 Å². The molecule has 0 radical (unpaired) electrons. The zero-order chi connectivity index (χ0) is 6.85. The molecule has 0 aromatic heterocycles. The van der Waals surface area contributed by atoms with E-state index in [1.165, 1.54) is 0 Å². The van der Waals surface area contributed by atoms with Gasteiger partial charge in [-0.3, -0.25) is 0 Å². The van der Waals surface area contributed by atoms with Gasteiger partial charge >= 0.3 is 5.97 Å². The smallest absolute Gasteiger partial charge is 0.318 e. The lowest BCUT2D eigenvalue weighted by Gasteiger charge is -1.96. The van der Waals surface area contributed by atoms with Gasteiger partial charge < -0.3 is 4.84 Å². The molecule has 0 bridgehead atoms. The Hall–Kier alpha value is -0.860. The van der Waals surface area contributed by atoms with Gasteiger partial charge in [-0.2, -0.15) is 0 Å². The molecule has 0 N–H and O–H groups in total. The van der Waals surface area contributed by atoms with Crippen molar-refractivity contribution in [3.8, 4) is 0 Å². The van der Waals surface area contributed by atoms with Crippen molar-refractivity contribution in [3.05, 3.63) is 0 Å². The molecule has 1 heterocycles. The van der Waals surface area contributed by atoms with Gasteiger partial charge in [0.05, 0.1) is 12.1 Å². The van der Waals surface area contributed by atoms with Gasteiger partial charge in [-0.05, 0) is 5.92 Å². The van der Waals surface area contributed by atoms with E-state index in [0.29, 0.717) is 12.3 Å². The molecule has 0 aliphatic carbocycles. The summed E-state index contributed by atoms with van der Waals surface area (Å²) in [5.41, 5.74) is 0.847. The maximum Gasteiger partial charge on any atom is 0.340 e. The van der Waals surface area contributed by atoms with Gasteiger partial charge in [0.15, 0.2) is 0 Å². The van der Waals surface area contributed by atoms with Crippen molar-refractivity contribution in [2.75, 3.05) is 0 Å². The molecule has 0 amide bonds. The SMILES string of the molecule is CC(C)C1=NOC(=O)C1. The fourth-order valence-corrected chi connectivity index (χ4v) is 0.632. The Kier molecular flexibility index (Phi) is 1.51. The van der Waals surface area contributed by atoms with Crippen LogP contribution in [0.3, 0.4) is 0 Å². The van der Waals surface area contributed by atoms with E-state index >= 15 is 0 Å². The molecule has 1 rings (SSSR count). The Bertz CT molecular complexity index is 160. The zero-order valence-corrected chi connectivity index (χ0v) is 5.55. The van der Waals surface area contributed by atoms with Gasteiger partial charge in [-0.15, -0.1) is 0 Å². The lowest BCUT2D eigenvalue weighted by Crippen LogP contribution is -2.05. The number of nitrogens with zero attached hydrogens (tertiary/aromatic N) is 1. The van der Waals surface area contributed by atoms with Gasteiger partial charge in [-0.25, -0.2) is 4.79 Å². The van der Waals surface area contributed by atoms with Crippen LogP contribution < -0.4 is 0 Å². The van der Waals surface area contributed by atoms with Gasteiger partial charge in [0.1, 0.15) is 0 Å². The Balaban J connectivity index is 2.55. The first-order valence-electron chi connectivity index (χ1n) is 2.96. The van der Waals surface area contributed by atoms with E-state index in [2.05, 4.69) is 9.99 Å². The van der Waals surface area contributed by atoms with Crippen LogP contribution in [0.2, 0.25) is 0 Å². The van der Waals surface area contributed by atoms with E-state index in [-0.39, 0.29) is 5.97 Å². The maximum atomic E-state index is 10.4. The largest absolute Gasteiger partial charge is 0.340 e. The van der Waals surface area contributed by atoms with Crippen molar-refractivity contribution in [2.24, 2.45) is 11.1 Å². The molecule has 0 spiro atoms. The summed E-state index contributed by atoms with van der Waals surface area (Å²) in [7, 11) is 0. The van der Waals surface area contributed by atoms with E-state index in [1.54, 1.807) is 0 Å². The molecule has 3 nitrogen and oxygen atoms in total. The van der Waals surface area contributed by atoms with Crippen LogP contribution in [-0.2, 0) is 9.63 Å². The monoisotopic (exact) mass is 127 g/mol. The fourth-order valence-electron chi connectivity index (χ4n) is 0.632. The van der Waals surface area contributed by atoms with Crippen molar-refractivity contribution >= 4 is 11.7 Å². The molecular weight excluding hydrogens is 118 g/mol. The molecule has 0 saturated carbocycles. The summed E-state index contributed by atoms with van der Waals surface area (Å²) in [6.45, 7) is 3.97. The number of oxime groups is 1. The normalized spacial score (nSPS) is 18.1. The molecule has 1 aliphatic rings. The third kappa shape index (κ3) is 1.28. The summed E-state index contributed by atoms with van der Waals surface area (Å²) in [6, 6.07) is 0. The second-order valence-corrected chi connectivity index (χ2v) is 2.38. The van der Waals surface area contributed by atoms with Crippen molar-refractivity contribution in [1.82, 2.24) is 0 Å². The van der Waals surface area contributed by atoms with E-state index in [1.807, 2.05) is 13.8 Å². The number of hydrogen-bond donors (Lipinski definition) is 0. The van der Waals surface area contributed by atoms with E-state index in [9.17, 15) is 4.79 Å². The summed E-state index contributed by atoms with van der Waals surface area (Å²) in [4.78, 5) is 14.8. The van der Waals surface area contributed by atoms with Crippen LogP contribution in [0.15, 0.2) is 5.16 Å². The summed E-state index contributed by atoms with van der Waals surface area (Å²) in [6.07, 6.45) is 0.373. The van der Waals surface area contributed by atoms with Crippen LogP contribution in [0.1, 0.15) is 20.3 Å². The van der Waals surface area contributed by atoms with Crippen molar-refractivity contribution in [3.63, 3.8) is 0 Å². The highest BCUT2D eigenvalue weighted by molar-refractivity contribution is 6.02. The highest BCUT2D eigenvalue weighted by atomic mass is 16.7. The topological polar surface area (TPSA) is 38.7 Å². The number of carbonyl (C=O) groups excluding carboxylic acids is 1. The highest BCUT2D eigenvalue weighted by Crippen LogP contribution is 2.09. The molecular formula is C6H9NO2. The number of rotatable bonds is 1. The lowest BCUT2D eigenvalue weighted by molar-refractivity contribution is -0.140. The van der Waals surface area contributed by atoms with E-state index in [4.69, 9.17) is 0 Å². The number of hydrogen-bond acceptors (Lipinski definition) is 3. The Morgan fingerprint density at radius 2 is 2.33 bits per heavy atom. The zero-order valence-electron chi connectivity index (χ0n) is 5.55. The quantitative estimate of drug-likeness (QED) is 0.492. The molecule has 0 aromatic carbocycles. The van der Waals surface area contributed by atoms with Gasteiger partial charge in [0.25, 0.3) is 0 Å². The molecule has 0 saturated heterocycles. The second kappa shape index (κ2) is 2.17. The predicted molar refractivity (Wildman–Crippen MR) is 33.0 cm³/mol. The van der Waals surface area contributed by atoms with Gasteiger partial charge in [-0.1, -0.05) is 19.0 Å². The molecule has 0 aromatic rings. The highest BCUT2D eigenvalue weighted by Gasteiger charge is 2.19. The van der Waals surface area contributed by atoms with Gasteiger partial charge in [0.2, 0.25) is 0 Å². The molecule has 50 valence electrons.